The van der Waals surface area contributed by atoms with Gasteiger partial charge in [0.25, 0.3) is 0 Å². The number of aromatic nitrogens is 2. The number of ether oxygens (including phenoxy) is 1. The zero-order chi connectivity index (χ0) is 13.1. The highest BCUT2D eigenvalue weighted by atomic mass is 16.5. The van der Waals surface area contributed by atoms with Crippen LogP contribution in [0.15, 0.2) is 30.6 Å². The normalized spacial score (nSPS) is 12.2. The van der Waals surface area contributed by atoms with Crippen molar-refractivity contribution in [1.82, 2.24) is 9.97 Å². The van der Waals surface area contributed by atoms with E-state index in [0.29, 0.717) is 5.88 Å². The van der Waals surface area contributed by atoms with Crippen molar-refractivity contribution < 1.29 is 4.74 Å². The van der Waals surface area contributed by atoms with Gasteiger partial charge in [0.05, 0.1) is 18.8 Å². The van der Waals surface area contributed by atoms with E-state index >= 15 is 0 Å². The standard InChI is InChI=1S/C14H17N3O/c1-9-4-5-10(2)11(6-9)14(15)12-7-13(18-3)17-8-16-12/h4-8,14H,15H2,1-3H3. The first-order valence-corrected chi connectivity index (χ1v) is 5.80. The number of hydrogen-bond donors (Lipinski definition) is 1. The molecule has 1 aromatic heterocycles. The molecule has 0 bridgehead atoms. The SMILES string of the molecule is COc1cc(C(N)c2cc(C)ccc2C)ncn1. The van der Waals surface area contributed by atoms with E-state index < -0.39 is 0 Å². The van der Waals surface area contributed by atoms with Crippen LogP contribution in [0, 0.1) is 13.8 Å². The molecule has 0 aliphatic rings. The summed E-state index contributed by atoms with van der Waals surface area (Å²) in [4.78, 5) is 8.20. The van der Waals surface area contributed by atoms with Crippen molar-refractivity contribution in [1.29, 1.82) is 0 Å². The molecule has 1 unspecified atom stereocenters. The predicted octanol–water partition coefficient (Wildman–Crippen LogP) is 2.15. The van der Waals surface area contributed by atoms with Crippen molar-refractivity contribution in [2.75, 3.05) is 7.11 Å². The molecule has 0 amide bonds. The van der Waals surface area contributed by atoms with E-state index in [2.05, 4.69) is 35.1 Å². The van der Waals surface area contributed by atoms with Crippen LogP contribution in [0.2, 0.25) is 0 Å². The first-order valence-electron chi connectivity index (χ1n) is 5.80. The molecule has 2 rings (SSSR count). The van der Waals surface area contributed by atoms with Crippen molar-refractivity contribution in [3.8, 4) is 5.88 Å². The summed E-state index contributed by atoms with van der Waals surface area (Å²) in [5, 5.41) is 0. The third-order valence-electron chi connectivity index (χ3n) is 2.96. The summed E-state index contributed by atoms with van der Waals surface area (Å²) in [7, 11) is 1.58. The van der Waals surface area contributed by atoms with Crippen LogP contribution in [-0.2, 0) is 0 Å². The molecule has 2 aromatic rings. The third-order valence-corrected chi connectivity index (χ3v) is 2.96. The molecule has 1 atom stereocenters. The average molecular weight is 243 g/mol. The topological polar surface area (TPSA) is 61.0 Å². The van der Waals surface area contributed by atoms with Gasteiger partial charge in [-0.1, -0.05) is 23.8 Å². The fourth-order valence-corrected chi connectivity index (χ4v) is 1.89. The minimum absolute atomic E-state index is 0.262. The monoisotopic (exact) mass is 243 g/mol. The van der Waals surface area contributed by atoms with Gasteiger partial charge < -0.3 is 10.5 Å². The Morgan fingerprint density at radius 3 is 2.67 bits per heavy atom. The lowest BCUT2D eigenvalue weighted by Gasteiger charge is -2.15. The molecule has 0 spiro atoms. The first kappa shape index (κ1) is 12.5. The summed E-state index contributed by atoms with van der Waals surface area (Å²) in [5.41, 5.74) is 10.4. The van der Waals surface area contributed by atoms with Gasteiger partial charge in [0.2, 0.25) is 5.88 Å². The van der Waals surface area contributed by atoms with Crippen molar-refractivity contribution in [3.05, 3.63) is 53.0 Å². The van der Waals surface area contributed by atoms with Gasteiger partial charge in [0.1, 0.15) is 6.33 Å². The molecule has 0 aliphatic heterocycles. The first-order chi connectivity index (χ1) is 8.61. The number of nitrogens with zero attached hydrogens (tertiary/aromatic N) is 2. The highest BCUT2D eigenvalue weighted by molar-refractivity contribution is 5.37. The number of aryl methyl sites for hydroxylation is 2. The van der Waals surface area contributed by atoms with E-state index in [4.69, 9.17) is 10.5 Å². The van der Waals surface area contributed by atoms with Gasteiger partial charge in [0, 0.05) is 6.07 Å². The molecule has 1 aromatic carbocycles. The minimum atomic E-state index is -0.262. The van der Waals surface area contributed by atoms with Crippen LogP contribution in [0.1, 0.15) is 28.4 Å². The van der Waals surface area contributed by atoms with Crippen LogP contribution in [0.5, 0.6) is 5.88 Å². The predicted molar refractivity (Wildman–Crippen MR) is 70.5 cm³/mol. The van der Waals surface area contributed by atoms with Crippen LogP contribution < -0.4 is 10.5 Å². The zero-order valence-corrected chi connectivity index (χ0v) is 10.8. The molecule has 4 heteroatoms. The Morgan fingerprint density at radius 1 is 1.17 bits per heavy atom. The van der Waals surface area contributed by atoms with E-state index in [-0.39, 0.29) is 6.04 Å². The second kappa shape index (κ2) is 5.14. The fourth-order valence-electron chi connectivity index (χ4n) is 1.89. The van der Waals surface area contributed by atoms with Gasteiger partial charge in [-0.05, 0) is 25.0 Å². The van der Waals surface area contributed by atoms with Crippen LogP contribution in [0.3, 0.4) is 0 Å². The molecule has 2 N–H and O–H groups in total. The molecular formula is C14H17N3O. The summed E-state index contributed by atoms with van der Waals surface area (Å²) in [5.74, 6) is 0.528. The zero-order valence-electron chi connectivity index (χ0n) is 10.8. The van der Waals surface area contributed by atoms with Gasteiger partial charge in [-0.15, -0.1) is 0 Å². The Hall–Kier alpha value is -1.94. The molecule has 0 saturated carbocycles. The van der Waals surface area contributed by atoms with Crippen LogP contribution in [-0.4, -0.2) is 17.1 Å². The van der Waals surface area contributed by atoms with Crippen LogP contribution >= 0.6 is 0 Å². The van der Waals surface area contributed by atoms with Gasteiger partial charge in [-0.2, -0.15) is 0 Å². The summed E-state index contributed by atoms with van der Waals surface area (Å²) in [6.45, 7) is 4.10. The quantitative estimate of drug-likeness (QED) is 0.897. The minimum Gasteiger partial charge on any atom is -0.481 e. The van der Waals surface area contributed by atoms with Crippen molar-refractivity contribution >= 4 is 0 Å². The lowest BCUT2D eigenvalue weighted by atomic mass is 9.97. The highest BCUT2D eigenvalue weighted by Gasteiger charge is 2.14. The maximum atomic E-state index is 6.26. The Kier molecular flexibility index (Phi) is 3.58. The van der Waals surface area contributed by atoms with Crippen molar-refractivity contribution in [2.45, 2.75) is 19.9 Å². The number of benzene rings is 1. The van der Waals surface area contributed by atoms with Gasteiger partial charge >= 0.3 is 0 Å². The summed E-state index contributed by atoms with van der Waals surface area (Å²) in [6, 6.07) is 7.75. The number of hydrogen-bond acceptors (Lipinski definition) is 4. The smallest absolute Gasteiger partial charge is 0.216 e. The number of methoxy groups -OCH3 is 1. The molecule has 94 valence electrons. The lowest BCUT2D eigenvalue weighted by Crippen LogP contribution is -2.15. The highest BCUT2D eigenvalue weighted by Crippen LogP contribution is 2.23. The Balaban J connectivity index is 2.40. The van der Waals surface area contributed by atoms with E-state index in [1.54, 1.807) is 13.2 Å². The fraction of sp³-hybridized carbons (Fsp3) is 0.286. The molecular weight excluding hydrogens is 226 g/mol. The van der Waals surface area contributed by atoms with Crippen molar-refractivity contribution in [3.63, 3.8) is 0 Å². The molecule has 1 heterocycles. The molecule has 0 fully saturated rings. The maximum absolute atomic E-state index is 6.26. The van der Waals surface area contributed by atoms with Crippen LogP contribution in [0.25, 0.3) is 0 Å². The second-order valence-electron chi connectivity index (χ2n) is 4.32. The Labute approximate surface area is 107 Å². The van der Waals surface area contributed by atoms with E-state index in [1.807, 2.05) is 6.92 Å². The van der Waals surface area contributed by atoms with Crippen molar-refractivity contribution in [2.24, 2.45) is 5.73 Å². The third kappa shape index (κ3) is 2.49. The largest absolute Gasteiger partial charge is 0.481 e. The van der Waals surface area contributed by atoms with Gasteiger partial charge in [-0.25, -0.2) is 9.97 Å². The van der Waals surface area contributed by atoms with Gasteiger partial charge in [-0.3, -0.25) is 0 Å². The molecule has 0 saturated heterocycles. The molecule has 18 heavy (non-hydrogen) atoms. The Morgan fingerprint density at radius 2 is 1.94 bits per heavy atom. The molecule has 0 aliphatic carbocycles. The van der Waals surface area contributed by atoms with E-state index in [9.17, 15) is 0 Å². The lowest BCUT2D eigenvalue weighted by molar-refractivity contribution is 0.395. The van der Waals surface area contributed by atoms with E-state index in [1.165, 1.54) is 11.9 Å². The average Bonchev–Trinajstić information content (AvgIpc) is 2.41. The second-order valence-corrected chi connectivity index (χ2v) is 4.32. The Bertz CT molecular complexity index is 554. The number of rotatable bonds is 3. The molecule has 4 nitrogen and oxygen atoms in total. The summed E-state index contributed by atoms with van der Waals surface area (Å²) < 4.78 is 5.09. The van der Waals surface area contributed by atoms with E-state index in [0.717, 1.165) is 16.8 Å². The summed E-state index contributed by atoms with van der Waals surface area (Å²) >= 11 is 0. The van der Waals surface area contributed by atoms with Crippen LogP contribution in [0.4, 0.5) is 0 Å². The maximum Gasteiger partial charge on any atom is 0.216 e. The number of nitrogens with two attached hydrogens (primary N) is 1. The summed E-state index contributed by atoms with van der Waals surface area (Å²) in [6.07, 6.45) is 1.47. The molecule has 0 radical (unpaired) electrons. The van der Waals surface area contributed by atoms with Gasteiger partial charge in [0.15, 0.2) is 0 Å².